The minimum Gasteiger partial charge on any atom is -0.479 e. The van der Waals surface area contributed by atoms with Crippen molar-refractivity contribution in [3.05, 3.63) is 63.1 Å². The van der Waals surface area contributed by atoms with Crippen LogP contribution in [0.25, 0.3) is 0 Å². The van der Waals surface area contributed by atoms with Gasteiger partial charge in [0.15, 0.2) is 6.10 Å². The summed E-state index contributed by atoms with van der Waals surface area (Å²) in [6.45, 7) is 3.64. The number of amides is 1. The SMILES string of the molecule is C[C@H](Oc1cc(Cl)c(Cl)cc1Cl)C(=O)N[C@@H](C)CCc1ccccc1. The number of carbonyl (C=O) groups is 1. The van der Waals surface area contributed by atoms with Gasteiger partial charge in [0.05, 0.1) is 15.1 Å². The topological polar surface area (TPSA) is 38.3 Å². The van der Waals surface area contributed by atoms with Crippen LogP contribution in [0, 0.1) is 0 Å². The van der Waals surface area contributed by atoms with Crippen LogP contribution in [0.5, 0.6) is 5.75 Å². The number of hydrogen-bond donors (Lipinski definition) is 1. The highest BCUT2D eigenvalue weighted by atomic mass is 35.5. The van der Waals surface area contributed by atoms with Gasteiger partial charge in [-0.15, -0.1) is 0 Å². The number of carbonyl (C=O) groups excluding carboxylic acids is 1. The highest BCUT2D eigenvalue weighted by Crippen LogP contribution is 2.34. The summed E-state index contributed by atoms with van der Waals surface area (Å²) in [7, 11) is 0. The predicted molar refractivity (Wildman–Crippen MR) is 104 cm³/mol. The van der Waals surface area contributed by atoms with Crippen LogP contribution in [0.1, 0.15) is 25.8 Å². The average molecular weight is 401 g/mol. The summed E-state index contributed by atoms with van der Waals surface area (Å²) in [5, 5.41) is 3.92. The van der Waals surface area contributed by atoms with Crippen molar-refractivity contribution >= 4 is 40.7 Å². The summed E-state index contributed by atoms with van der Waals surface area (Å²) < 4.78 is 5.62. The van der Waals surface area contributed by atoms with Gasteiger partial charge in [-0.1, -0.05) is 65.1 Å². The van der Waals surface area contributed by atoms with Gasteiger partial charge < -0.3 is 10.1 Å². The lowest BCUT2D eigenvalue weighted by Gasteiger charge is -2.19. The molecule has 6 heteroatoms. The quantitative estimate of drug-likeness (QED) is 0.619. The van der Waals surface area contributed by atoms with Crippen molar-refractivity contribution in [3.8, 4) is 5.75 Å². The van der Waals surface area contributed by atoms with E-state index in [0.717, 1.165) is 12.8 Å². The maximum atomic E-state index is 12.3. The van der Waals surface area contributed by atoms with E-state index in [2.05, 4.69) is 17.4 Å². The normalized spacial score (nSPS) is 13.2. The third-order valence-corrected chi connectivity index (χ3v) is 4.76. The fourth-order valence-electron chi connectivity index (χ4n) is 2.30. The first-order valence-electron chi connectivity index (χ1n) is 8.02. The molecular formula is C19H20Cl3NO2. The summed E-state index contributed by atoms with van der Waals surface area (Å²) in [6.07, 6.45) is 1.04. The molecule has 134 valence electrons. The van der Waals surface area contributed by atoms with Crippen molar-refractivity contribution in [2.24, 2.45) is 0 Å². The highest BCUT2D eigenvalue weighted by molar-refractivity contribution is 6.43. The van der Waals surface area contributed by atoms with E-state index in [4.69, 9.17) is 39.5 Å². The molecule has 0 aliphatic heterocycles. The molecule has 1 N–H and O–H groups in total. The van der Waals surface area contributed by atoms with Gasteiger partial charge in [-0.25, -0.2) is 0 Å². The van der Waals surface area contributed by atoms with Gasteiger partial charge >= 0.3 is 0 Å². The fraction of sp³-hybridized carbons (Fsp3) is 0.316. The van der Waals surface area contributed by atoms with Crippen LogP contribution in [-0.2, 0) is 11.2 Å². The Labute approximate surface area is 163 Å². The Morgan fingerprint density at radius 2 is 1.68 bits per heavy atom. The standard InChI is InChI=1S/C19H20Cl3NO2/c1-12(8-9-14-6-4-3-5-7-14)23-19(24)13(2)25-18-11-16(21)15(20)10-17(18)22/h3-7,10-13H,8-9H2,1-2H3,(H,23,24)/t12-,13-/m0/s1. The minimum absolute atomic E-state index is 0.0306. The van der Waals surface area contributed by atoms with Gasteiger partial charge in [0.2, 0.25) is 0 Å². The summed E-state index contributed by atoms with van der Waals surface area (Å²) in [5.74, 6) is 0.123. The van der Waals surface area contributed by atoms with Crippen LogP contribution in [-0.4, -0.2) is 18.1 Å². The summed E-state index contributed by atoms with van der Waals surface area (Å²) >= 11 is 17.9. The van der Waals surface area contributed by atoms with Crippen molar-refractivity contribution in [2.45, 2.75) is 38.8 Å². The zero-order chi connectivity index (χ0) is 18.4. The number of hydrogen-bond acceptors (Lipinski definition) is 2. The molecule has 0 bridgehead atoms. The van der Waals surface area contributed by atoms with E-state index in [1.165, 1.54) is 17.7 Å². The molecule has 0 saturated heterocycles. The minimum atomic E-state index is -0.700. The van der Waals surface area contributed by atoms with Gasteiger partial charge in [0, 0.05) is 12.1 Å². The number of benzene rings is 2. The maximum Gasteiger partial charge on any atom is 0.260 e. The predicted octanol–water partition coefficient (Wildman–Crippen LogP) is 5.55. The Kier molecular flexibility index (Phi) is 7.42. The van der Waals surface area contributed by atoms with Crippen LogP contribution >= 0.6 is 34.8 Å². The van der Waals surface area contributed by atoms with E-state index in [-0.39, 0.29) is 11.9 Å². The molecule has 2 aromatic carbocycles. The van der Waals surface area contributed by atoms with Crippen molar-refractivity contribution in [2.75, 3.05) is 0 Å². The van der Waals surface area contributed by atoms with E-state index < -0.39 is 6.10 Å². The number of nitrogens with one attached hydrogen (secondary N) is 1. The van der Waals surface area contributed by atoms with Crippen molar-refractivity contribution < 1.29 is 9.53 Å². The zero-order valence-corrected chi connectivity index (χ0v) is 16.3. The Morgan fingerprint density at radius 1 is 1.04 bits per heavy atom. The molecule has 0 spiro atoms. The second-order valence-corrected chi connectivity index (χ2v) is 7.11. The van der Waals surface area contributed by atoms with Gasteiger partial charge in [0.1, 0.15) is 5.75 Å². The first-order chi connectivity index (χ1) is 11.9. The first-order valence-corrected chi connectivity index (χ1v) is 9.15. The Morgan fingerprint density at radius 3 is 2.36 bits per heavy atom. The smallest absolute Gasteiger partial charge is 0.260 e. The Bertz CT molecular complexity index is 722. The van der Waals surface area contributed by atoms with Crippen LogP contribution in [0.15, 0.2) is 42.5 Å². The van der Waals surface area contributed by atoms with E-state index in [0.29, 0.717) is 20.8 Å². The lowest BCUT2D eigenvalue weighted by Crippen LogP contribution is -2.41. The number of ether oxygens (including phenoxy) is 1. The number of halogens is 3. The zero-order valence-electron chi connectivity index (χ0n) is 14.1. The monoisotopic (exact) mass is 399 g/mol. The van der Waals surface area contributed by atoms with Gasteiger partial charge in [-0.3, -0.25) is 4.79 Å². The largest absolute Gasteiger partial charge is 0.479 e. The summed E-state index contributed by atoms with van der Waals surface area (Å²) in [5.41, 5.74) is 1.25. The molecule has 2 aromatic rings. The molecule has 0 aromatic heterocycles. The molecule has 0 radical (unpaired) electrons. The lowest BCUT2D eigenvalue weighted by atomic mass is 10.1. The molecule has 0 aliphatic rings. The molecule has 0 saturated carbocycles. The van der Waals surface area contributed by atoms with Crippen LogP contribution in [0.4, 0.5) is 0 Å². The average Bonchev–Trinajstić information content (AvgIpc) is 2.58. The second-order valence-electron chi connectivity index (χ2n) is 5.89. The van der Waals surface area contributed by atoms with E-state index in [1.54, 1.807) is 6.92 Å². The van der Waals surface area contributed by atoms with Crippen molar-refractivity contribution in [3.63, 3.8) is 0 Å². The van der Waals surface area contributed by atoms with Crippen molar-refractivity contribution in [1.82, 2.24) is 5.32 Å². The molecule has 1 amide bonds. The molecular weight excluding hydrogens is 381 g/mol. The molecule has 3 nitrogen and oxygen atoms in total. The van der Waals surface area contributed by atoms with Gasteiger partial charge in [-0.2, -0.15) is 0 Å². The fourth-order valence-corrected chi connectivity index (χ4v) is 2.88. The maximum absolute atomic E-state index is 12.3. The molecule has 0 aliphatic carbocycles. The highest BCUT2D eigenvalue weighted by Gasteiger charge is 2.19. The van der Waals surface area contributed by atoms with Crippen LogP contribution in [0.3, 0.4) is 0 Å². The molecule has 0 heterocycles. The third kappa shape index (κ3) is 6.10. The summed E-state index contributed by atoms with van der Waals surface area (Å²) in [6, 6.07) is 13.2. The van der Waals surface area contributed by atoms with Crippen molar-refractivity contribution in [1.29, 1.82) is 0 Å². The third-order valence-electron chi connectivity index (χ3n) is 3.75. The number of aryl methyl sites for hydroxylation is 1. The molecule has 0 unspecified atom stereocenters. The molecule has 2 rings (SSSR count). The Hall–Kier alpha value is -1.42. The van der Waals surface area contributed by atoms with Gasteiger partial charge in [-0.05, 0) is 38.3 Å². The van der Waals surface area contributed by atoms with Crippen LogP contribution in [0.2, 0.25) is 15.1 Å². The van der Waals surface area contributed by atoms with E-state index in [1.807, 2.05) is 25.1 Å². The summed E-state index contributed by atoms with van der Waals surface area (Å²) in [4.78, 5) is 12.3. The van der Waals surface area contributed by atoms with Gasteiger partial charge in [0.25, 0.3) is 5.91 Å². The molecule has 0 fully saturated rings. The number of rotatable bonds is 7. The Balaban J connectivity index is 1.86. The van der Waals surface area contributed by atoms with E-state index >= 15 is 0 Å². The second kappa shape index (κ2) is 9.33. The van der Waals surface area contributed by atoms with Crippen LogP contribution < -0.4 is 10.1 Å². The molecule has 25 heavy (non-hydrogen) atoms. The lowest BCUT2D eigenvalue weighted by molar-refractivity contribution is -0.127. The molecule has 2 atom stereocenters. The van der Waals surface area contributed by atoms with E-state index in [9.17, 15) is 4.79 Å². The first kappa shape index (κ1) is 19.9.